The van der Waals surface area contributed by atoms with E-state index < -0.39 is 0 Å². The zero-order valence-electron chi connectivity index (χ0n) is 12.6. The van der Waals surface area contributed by atoms with E-state index in [1.165, 1.54) is 0 Å². The van der Waals surface area contributed by atoms with Gasteiger partial charge in [0.2, 0.25) is 0 Å². The topological polar surface area (TPSA) is 73.1 Å². The van der Waals surface area contributed by atoms with Crippen LogP contribution in [0.4, 0.5) is 5.69 Å². The summed E-state index contributed by atoms with van der Waals surface area (Å²) in [4.78, 5) is 8.51. The van der Waals surface area contributed by atoms with Crippen LogP contribution in [0.3, 0.4) is 0 Å². The largest absolute Gasteiger partial charge is 0.396 e. The van der Waals surface area contributed by atoms with Crippen molar-refractivity contribution in [2.75, 3.05) is 18.9 Å². The summed E-state index contributed by atoms with van der Waals surface area (Å²) in [6.07, 6.45) is 3.18. The van der Waals surface area contributed by atoms with Crippen molar-refractivity contribution < 1.29 is 4.74 Å². The minimum atomic E-state index is -0.141. The van der Waals surface area contributed by atoms with Gasteiger partial charge in [-0.3, -0.25) is 0 Å². The fourth-order valence-corrected chi connectivity index (χ4v) is 2.68. The Kier molecular flexibility index (Phi) is 4.04. The van der Waals surface area contributed by atoms with Crippen molar-refractivity contribution in [1.82, 2.24) is 15.3 Å². The van der Waals surface area contributed by atoms with Crippen molar-refractivity contribution in [1.29, 1.82) is 0 Å². The average Bonchev–Trinajstić information content (AvgIpc) is 2.47. The molecule has 0 spiro atoms. The number of nitrogens with two attached hydrogens (primary N) is 1. The summed E-state index contributed by atoms with van der Waals surface area (Å²) >= 11 is 6.26. The predicted molar refractivity (Wildman–Crippen MR) is 87.7 cm³/mol. The molecule has 3 N–H and O–H groups in total. The lowest BCUT2D eigenvalue weighted by atomic mass is 10.00. The standard InChI is InChI=1S/C16H19ClN4O/c1-16(2)9-21-14(8-22-16)10-3-11(5-12(17)4-10)15-19-6-13(18)7-20-15/h3-7,14,21H,8-9,18H2,1-2H3. The smallest absolute Gasteiger partial charge is 0.159 e. The number of nitrogen functional groups attached to an aromatic ring is 1. The Morgan fingerprint density at radius 3 is 2.64 bits per heavy atom. The van der Waals surface area contributed by atoms with E-state index in [9.17, 15) is 0 Å². The van der Waals surface area contributed by atoms with Gasteiger partial charge in [-0.25, -0.2) is 9.97 Å². The van der Waals surface area contributed by atoms with Crippen LogP contribution in [0.1, 0.15) is 25.5 Å². The van der Waals surface area contributed by atoms with Gasteiger partial charge in [-0.1, -0.05) is 11.6 Å². The Morgan fingerprint density at radius 1 is 1.27 bits per heavy atom. The molecule has 2 aromatic rings. The van der Waals surface area contributed by atoms with Crippen molar-refractivity contribution in [2.45, 2.75) is 25.5 Å². The molecule has 0 bridgehead atoms. The Morgan fingerprint density at radius 2 is 2.00 bits per heavy atom. The number of rotatable bonds is 2. The van der Waals surface area contributed by atoms with Crippen LogP contribution < -0.4 is 11.1 Å². The van der Waals surface area contributed by atoms with Crippen molar-refractivity contribution >= 4 is 17.3 Å². The first-order valence-corrected chi connectivity index (χ1v) is 7.56. The van der Waals surface area contributed by atoms with Crippen LogP contribution in [0.2, 0.25) is 5.02 Å². The summed E-state index contributed by atoms with van der Waals surface area (Å²) in [7, 11) is 0. The van der Waals surface area contributed by atoms with E-state index in [0.717, 1.165) is 17.7 Å². The van der Waals surface area contributed by atoms with Gasteiger partial charge in [-0.2, -0.15) is 0 Å². The minimum absolute atomic E-state index is 0.110. The molecule has 116 valence electrons. The molecular formula is C16H19ClN4O. The second-order valence-electron chi connectivity index (χ2n) is 6.12. The maximum atomic E-state index is 6.26. The molecule has 0 radical (unpaired) electrons. The fraction of sp³-hybridized carbons (Fsp3) is 0.375. The molecule has 1 fully saturated rings. The lowest BCUT2D eigenvalue weighted by Gasteiger charge is -2.36. The number of morpholine rings is 1. The highest BCUT2D eigenvalue weighted by Gasteiger charge is 2.28. The molecule has 1 aromatic carbocycles. The summed E-state index contributed by atoms with van der Waals surface area (Å²) in [5, 5.41) is 4.15. The highest BCUT2D eigenvalue weighted by Crippen LogP contribution is 2.28. The molecule has 1 saturated heterocycles. The summed E-state index contributed by atoms with van der Waals surface area (Å²) in [6, 6.07) is 5.95. The number of benzene rings is 1. The van der Waals surface area contributed by atoms with E-state index in [1.54, 1.807) is 12.4 Å². The Balaban J connectivity index is 1.89. The Labute approximate surface area is 134 Å². The van der Waals surface area contributed by atoms with Gasteiger partial charge in [0.15, 0.2) is 5.82 Å². The van der Waals surface area contributed by atoms with E-state index in [2.05, 4.69) is 29.1 Å². The summed E-state index contributed by atoms with van der Waals surface area (Å²) < 4.78 is 5.88. The van der Waals surface area contributed by atoms with Crippen molar-refractivity contribution in [3.05, 3.63) is 41.2 Å². The first kappa shape index (κ1) is 15.2. The minimum Gasteiger partial charge on any atom is -0.396 e. The first-order valence-electron chi connectivity index (χ1n) is 7.19. The lowest BCUT2D eigenvalue weighted by Crippen LogP contribution is -2.47. The molecule has 0 aliphatic carbocycles. The van der Waals surface area contributed by atoms with E-state index in [-0.39, 0.29) is 11.6 Å². The quantitative estimate of drug-likeness (QED) is 0.890. The van der Waals surface area contributed by atoms with Crippen LogP contribution in [0, 0.1) is 0 Å². The fourth-order valence-electron chi connectivity index (χ4n) is 2.43. The molecule has 1 unspecified atom stereocenters. The van der Waals surface area contributed by atoms with Crippen LogP contribution in [0.25, 0.3) is 11.4 Å². The Bertz CT molecular complexity index is 662. The van der Waals surface area contributed by atoms with E-state index in [0.29, 0.717) is 23.1 Å². The molecule has 0 saturated carbocycles. The molecule has 1 aliphatic rings. The highest BCUT2D eigenvalue weighted by molar-refractivity contribution is 6.30. The van der Waals surface area contributed by atoms with Crippen molar-refractivity contribution in [3.63, 3.8) is 0 Å². The van der Waals surface area contributed by atoms with E-state index >= 15 is 0 Å². The third-order valence-electron chi connectivity index (χ3n) is 3.67. The molecule has 6 heteroatoms. The molecule has 1 aliphatic heterocycles. The van der Waals surface area contributed by atoms with Gasteiger partial charge < -0.3 is 15.8 Å². The van der Waals surface area contributed by atoms with Crippen molar-refractivity contribution in [2.24, 2.45) is 0 Å². The number of ether oxygens (including phenoxy) is 1. The molecular weight excluding hydrogens is 300 g/mol. The molecule has 1 aromatic heterocycles. The number of nitrogens with zero attached hydrogens (tertiary/aromatic N) is 2. The van der Waals surface area contributed by atoms with Gasteiger partial charge in [0.1, 0.15) is 0 Å². The molecule has 2 heterocycles. The summed E-state index contributed by atoms with van der Waals surface area (Å²) in [5.41, 5.74) is 7.96. The number of halogens is 1. The second kappa shape index (κ2) is 5.83. The van der Waals surface area contributed by atoms with Gasteiger partial charge in [0.05, 0.1) is 36.3 Å². The van der Waals surface area contributed by atoms with Crippen LogP contribution in [-0.4, -0.2) is 28.7 Å². The second-order valence-corrected chi connectivity index (χ2v) is 6.55. The predicted octanol–water partition coefficient (Wildman–Crippen LogP) is 2.82. The van der Waals surface area contributed by atoms with Gasteiger partial charge >= 0.3 is 0 Å². The third-order valence-corrected chi connectivity index (χ3v) is 3.89. The van der Waals surface area contributed by atoms with E-state index in [1.807, 2.05) is 18.2 Å². The first-order chi connectivity index (χ1) is 10.4. The average molecular weight is 319 g/mol. The Hall–Kier alpha value is -1.69. The van der Waals surface area contributed by atoms with Crippen molar-refractivity contribution in [3.8, 4) is 11.4 Å². The maximum Gasteiger partial charge on any atom is 0.159 e. The van der Waals surface area contributed by atoms with Crippen LogP contribution in [0.15, 0.2) is 30.6 Å². The van der Waals surface area contributed by atoms with Gasteiger partial charge in [0, 0.05) is 17.1 Å². The van der Waals surface area contributed by atoms with Crippen LogP contribution >= 0.6 is 11.6 Å². The van der Waals surface area contributed by atoms with Gasteiger partial charge in [-0.15, -0.1) is 0 Å². The number of hydrogen-bond acceptors (Lipinski definition) is 5. The van der Waals surface area contributed by atoms with E-state index in [4.69, 9.17) is 22.1 Å². The molecule has 1 atom stereocenters. The molecule has 5 nitrogen and oxygen atoms in total. The van der Waals surface area contributed by atoms with Gasteiger partial charge in [0.25, 0.3) is 0 Å². The van der Waals surface area contributed by atoms with Crippen LogP contribution in [0.5, 0.6) is 0 Å². The van der Waals surface area contributed by atoms with Crippen LogP contribution in [-0.2, 0) is 4.74 Å². The zero-order chi connectivity index (χ0) is 15.7. The third kappa shape index (κ3) is 3.38. The number of anilines is 1. The monoisotopic (exact) mass is 318 g/mol. The zero-order valence-corrected chi connectivity index (χ0v) is 13.4. The number of aromatic nitrogens is 2. The lowest BCUT2D eigenvalue weighted by molar-refractivity contribution is -0.0586. The molecule has 22 heavy (non-hydrogen) atoms. The summed E-state index contributed by atoms with van der Waals surface area (Å²) in [5.74, 6) is 0.606. The highest BCUT2D eigenvalue weighted by atomic mass is 35.5. The normalized spacial score (nSPS) is 20.8. The number of nitrogens with one attached hydrogen (secondary N) is 1. The maximum absolute atomic E-state index is 6.26. The SMILES string of the molecule is CC1(C)CNC(c2cc(Cl)cc(-c3ncc(N)cn3)c2)CO1. The molecule has 0 amide bonds. The number of hydrogen-bond donors (Lipinski definition) is 2. The molecule has 3 rings (SSSR count). The summed E-state index contributed by atoms with van der Waals surface area (Å²) in [6.45, 7) is 5.54. The van der Waals surface area contributed by atoms with Gasteiger partial charge in [-0.05, 0) is 37.6 Å².